The molecule has 0 aliphatic carbocycles. The maximum absolute atomic E-state index is 14.2. The Balaban J connectivity index is 1.87. The number of sulfonamides is 1. The van der Waals surface area contributed by atoms with Crippen LogP contribution in [0.3, 0.4) is 0 Å². The molecule has 1 N–H and O–H groups in total. The minimum atomic E-state index is -4.29. The third-order valence-electron chi connectivity index (χ3n) is 4.40. The van der Waals surface area contributed by atoms with E-state index in [0.29, 0.717) is 30.1 Å². The van der Waals surface area contributed by atoms with Gasteiger partial charge in [0.1, 0.15) is 22.3 Å². The first-order valence-corrected chi connectivity index (χ1v) is 11.4. The van der Waals surface area contributed by atoms with E-state index in [-0.39, 0.29) is 4.47 Å². The van der Waals surface area contributed by atoms with Gasteiger partial charge in [0.25, 0.3) is 0 Å². The Morgan fingerprint density at radius 2 is 1.90 bits per heavy atom. The van der Waals surface area contributed by atoms with E-state index < -0.39 is 32.6 Å². The molecule has 0 aliphatic heterocycles. The Morgan fingerprint density at radius 1 is 1.23 bits per heavy atom. The Kier molecular flexibility index (Phi) is 6.59. The molecule has 0 aliphatic rings. The van der Waals surface area contributed by atoms with Crippen molar-refractivity contribution in [3.63, 3.8) is 0 Å². The number of aromatic nitrogens is 2. The number of nitrogens with zero attached hydrogens (tertiary/aromatic N) is 2. The monoisotopic (exact) mass is 499 g/mol. The van der Waals surface area contributed by atoms with Gasteiger partial charge >= 0.3 is 6.01 Å². The molecule has 10 heteroatoms. The van der Waals surface area contributed by atoms with Crippen molar-refractivity contribution in [2.24, 2.45) is 0 Å². The standard InChI is InChI=1S/C20H20BrF2N3O3S/c1-4-26-18(11-24-20(26)29-15-7-5-12(2)6-8-15)13(3)25-30(27,28)19-16(21)9-14(22)10-17(19)23/h5-11,13,25H,4H2,1-3H3. The highest BCUT2D eigenvalue weighted by atomic mass is 79.9. The Labute approximate surface area is 182 Å². The van der Waals surface area contributed by atoms with Crippen LogP contribution in [0.4, 0.5) is 8.78 Å². The van der Waals surface area contributed by atoms with E-state index in [1.165, 1.54) is 6.20 Å². The third-order valence-corrected chi connectivity index (χ3v) is 6.91. The van der Waals surface area contributed by atoms with Gasteiger partial charge in [-0.25, -0.2) is 26.9 Å². The summed E-state index contributed by atoms with van der Waals surface area (Å²) in [6.07, 6.45) is 1.50. The molecule has 0 amide bonds. The van der Waals surface area contributed by atoms with Gasteiger partial charge < -0.3 is 4.74 Å². The molecule has 0 spiro atoms. The number of rotatable bonds is 7. The van der Waals surface area contributed by atoms with Gasteiger partial charge in [-0.2, -0.15) is 0 Å². The summed E-state index contributed by atoms with van der Waals surface area (Å²) in [5.41, 5.74) is 1.62. The second kappa shape index (κ2) is 8.83. The molecule has 160 valence electrons. The van der Waals surface area contributed by atoms with Gasteiger partial charge in [0.05, 0.1) is 17.9 Å². The first-order valence-electron chi connectivity index (χ1n) is 9.09. The van der Waals surface area contributed by atoms with Crippen LogP contribution in [0.5, 0.6) is 11.8 Å². The second-order valence-electron chi connectivity index (χ2n) is 6.67. The van der Waals surface area contributed by atoms with Gasteiger partial charge in [-0.15, -0.1) is 0 Å². The van der Waals surface area contributed by atoms with Gasteiger partial charge in [-0.05, 0) is 54.9 Å². The zero-order valence-corrected chi connectivity index (χ0v) is 18.9. The SMILES string of the molecule is CCn1c(C(C)NS(=O)(=O)c2c(F)cc(F)cc2Br)cnc1Oc1ccc(C)cc1. The molecular weight excluding hydrogens is 480 g/mol. The summed E-state index contributed by atoms with van der Waals surface area (Å²) in [6, 6.07) is 8.39. The number of aryl methyl sites for hydroxylation is 1. The van der Waals surface area contributed by atoms with Crippen molar-refractivity contribution >= 4 is 26.0 Å². The number of hydrogen-bond acceptors (Lipinski definition) is 4. The molecule has 1 heterocycles. The Hall–Kier alpha value is -2.30. The normalized spacial score (nSPS) is 12.7. The van der Waals surface area contributed by atoms with Crippen molar-refractivity contribution in [1.82, 2.24) is 14.3 Å². The van der Waals surface area contributed by atoms with Crippen LogP contribution < -0.4 is 9.46 Å². The van der Waals surface area contributed by atoms with Crippen LogP contribution in [0.2, 0.25) is 0 Å². The van der Waals surface area contributed by atoms with E-state index in [4.69, 9.17) is 4.74 Å². The molecule has 1 unspecified atom stereocenters. The first-order chi connectivity index (χ1) is 14.1. The topological polar surface area (TPSA) is 73.2 Å². The zero-order chi connectivity index (χ0) is 22.1. The zero-order valence-electron chi connectivity index (χ0n) is 16.5. The summed E-state index contributed by atoms with van der Waals surface area (Å²) in [7, 11) is -4.29. The second-order valence-corrected chi connectivity index (χ2v) is 9.17. The van der Waals surface area contributed by atoms with Crippen LogP contribution in [-0.4, -0.2) is 18.0 Å². The van der Waals surface area contributed by atoms with E-state index in [2.05, 4.69) is 25.6 Å². The predicted octanol–water partition coefficient (Wildman–Crippen LogP) is 5.08. The minimum absolute atomic E-state index is 0.202. The number of halogens is 3. The number of nitrogens with one attached hydrogen (secondary N) is 1. The van der Waals surface area contributed by atoms with E-state index in [0.717, 1.165) is 11.6 Å². The molecule has 0 bridgehead atoms. The van der Waals surface area contributed by atoms with E-state index in [9.17, 15) is 17.2 Å². The fraction of sp³-hybridized carbons (Fsp3) is 0.250. The summed E-state index contributed by atoms with van der Waals surface area (Å²) in [6.45, 7) is 5.90. The third kappa shape index (κ3) is 4.71. The highest BCUT2D eigenvalue weighted by Crippen LogP contribution is 2.29. The van der Waals surface area contributed by atoms with Crippen molar-refractivity contribution in [1.29, 1.82) is 0 Å². The van der Waals surface area contributed by atoms with Gasteiger partial charge in [0.15, 0.2) is 0 Å². The summed E-state index contributed by atoms with van der Waals surface area (Å²) in [5, 5.41) is 0. The quantitative estimate of drug-likeness (QED) is 0.491. The molecule has 2 aromatic carbocycles. The van der Waals surface area contributed by atoms with Crippen molar-refractivity contribution in [3.05, 3.63) is 70.0 Å². The molecule has 6 nitrogen and oxygen atoms in total. The molecule has 0 saturated carbocycles. The lowest BCUT2D eigenvalue weighted by atomic mass is 10.2. The van der Waals surface area contributed by atoms with Crippen LogP contribution in [0, 0.1) is 18.6 Å². The number of hydrogen-bond donors (Lipinski definition) is 1. The van der Waals surface area contributed by atoms with Gasteiger partial charge in [-0.1, -0.05) is 17.7 Å². The lowest BCUT2D eigenvalue weighted by Crippen LogP contribution is -2.29. The first kappa shape index (κ1) is 22.4. The molecule has 3 aromatic rings. The summed E-state index contributed by atoms with van der Waals surface area (Å²) < 4.78 is 62.7. The molecule has 0 fully saturated rings. The lowest BCUT2D eigenvalue weighted by Gasteiger charge is -2.18. The van der Waals surface area contributed by atoms with Gasteiger partial charge in [0, 0.05) is 17.1 Å². The molecule has 0 radical (unpaired) electrons. The van der Waals surface area contributed by atoms with Crippen LogP contribution in [-0.2, 0) is 16.6 Å². The van der Waals surface area contributed by atoms with Crippen LogP contribution in [0.15, 0.2) is 52.0 Å². The molecule has 0 saturated heterocycles. The molecule has 1 atom stereocenters. The maximum Gasteiger partial charge on any atom is 0.302 e. The summed E-state index contributed by atoms with van der Waals surface area (Å²) in [5.74, 6) is -1.47. The van der Waals surface area contributed by atoms with Crippen LogP contribution >= 0.6 is 15.9 Å². The highest BCUT2D eigenvalue weighted by molar-refractivity contribution is 9.10. The average molecular weight is 500 g/mol. The van der Waals surface area contributed by atoms with Crippen LogP contribution in [0.25, 0.3) is 0 Å². The van der Waals surface area contributed by atoms with Gasteiger partial charge in [-0.3, -0.25) is 4.57 Å². The predicted molar refractivity (Wildman–Crippen MR) is 112 cm³/mol. The van der Waals surface area contributed by atoms with Crippen molar-refractivity contribution < 1.29 is 21.9 Å². The van der Waals surface area contributed by atoms with Crippen molar-refractivity contribution in [2.45, 2.75) is 38.3 Å². The summed E-state index contributed by atoms with van der Waals surface area (Å²) >= 11 is 2.92. The number of ether oxygens (including phenoxy) is 1. The van der Waals surface area contributed by atoms with Crippen molar-refractivity contribution in [2.75, 3.05) is 0 Å². The lowest BCUT2D eigenvalue weighted by molar-refractivity contribution is 0.408. The number of benzene rings is 2. The molecule has 3 rings (SSSR count). The largest absolute Gasteiger partial charge is 0.426 e. The van der Waals surface area contributed by atoms with Crippen LogP contribution in [0.1, 0.15) is 31.1 Å². The molecule has 1 aromatic heterocycles. The molecule has 30 heavy (non-hydrogen) atoms. The smallest absolute Gasteiger partial charge is 0.302 e. The number of imidazole rings is 1. The molecular formula is C20H20BrF2N3O3S. The Bertz CT molecular complexity index is 1140. The van der Waals surface area contributed by atoms with E-state index >= 15 is 0 Å². The fourth-order valence-corrected chi connectivity index (χ4v) is 5.35. The van der Waals surface area contributed by atoms with Gasteiger partial charge in [0.2, 0.25) is 10.0 Å². The Morgan fingerprint density at radius 3 is 2.50 bits per heavy atom. The van der Waals surface area contributed by atoms with E-state index in [1.54, 1.807) is 11.5 Å². The highest BCUT2D eigenvalue weighted by Gasteiger charge is 2.27. The maximum atomic E-state index is 14.2. The average Bonchev–Trinajstić information content (AvgIpc) is 3.04. The minimum Gasteiger partial charge on any atom is -0.426 e. The fourth-order valence-electron chi connectivity index (χ4n) is 2.97. The summed E-state index contributed by atoms with van der Waals surface area (Å²) in [4.78, 5) is 3.59. The van der Waals surface area contributed by atoms with E-state index in [1.807, 2.05) is 38.1 Å². The van der Waals surface area contributed by atoms with Crippen molar-refractivity contribution in [3.8, 4) is 11.8 Å².